The lowest BCUT2D eigenvalue weighted by molar-refractivity contribution is 0.352. The third-order valence-electron chi connectivity index (χ3n) is 1.90. The smallest absolute Gasteiger partial charge is 0.0949 e. The molecule has 1 aliphatic rings. The van der Waals surface area contributed by atoms with Crippen molar-refractivity contribution in [1.29, 1.82) is 0 Å². The molecule has 10 heavy (non-hydrogen) atoms. The van der Waals surface area contributed by atoms with Crippen LogP contribution >= 0.6 is 0 Å². The summed E-state index contributed by atoms with van der Waals surface area (Å²) < 4.78 is 0. The Balaban J connectivity index is 2.42. The molecule has 0 radical (unpaired) electrons. The Kier molecular flexibility index (Phi) is 2.34. The number of nitroso groups, excluding NO2 is 1. The van der Waals surface area contributed by atoms with E-state index in [0.29, 0.717) is 12.8 Å². The summed E-state index contributed by atoms with van der Waals surface area (Å²) >= 11 is 0. The van der Waals surface area contributed by atoms with Gasteiger partial charge in [0, 0.05) is 12.1 Å². The molecule has 0 spiro atoms. The lowest BCUT2D eigenvalue weighted by Crippen LogP contribution is -2.41. The van der Waals surface area contributed by atoms with E-state index in [0.717, 1.165) is 6.42 Å². The van der Waals surface area contributed by atoms with E-state index < -0.39 is 0 Å². The van der Waals surface area contributed by atoms with Crippen molar-refractivity contribution in [3.8, 4) is 0 Å². The summed E-state index contributed by atoms with van der Waals surface area (Å²) in [6, 6.07) is 0.0108. The zero-order valence-electron chi connectivity index (χ0n) is 5.86. The van der Waals surface area contributed by atoms with E-state index >= 15 is 0 Å². The molecule has 0 aromatic carbocycles. The molecule has 2 unspecified atom stereocenters. The van der Waals surface area contributed by atoms with Gasteiger partial charge in [0.15, 0.2) is 0 Å². The molecule has 1 saturated carbocycles. The second-order valence-corrected chi connectivity index (χ2v) is 2.99. The summed E-state index contributed by atoms with van der Waals surface area (Å²) in [5.74, 6) is 0. The molecule has 1 rings (SSSR count). The van der Waals surface area contributed by atoms with Gasteiger partial charge < -0.3 is 11.5 Å². The number of rotatable bonds is 1. The first-order valence-electron chi connectivity index (χ1n) is 3.56. The molecule has 4 nitrogen and oxygen atoms in total. The van der Waals surface area contributed by atoms with Gasteiger partial charge in [-0.15, -0.1) is 0 Å². The molecule has 1 fully saturated rings. The van der Waals surface area contributed by atoms with E-state index in [4.69, 9.17) is 11.5 Å². The molecule has 1 aliphatic carbocycles. The third kappa shape index (κ3) is 1.75. The molecule has 0 amide bonds. The van der Waals surface area contributed by atoms with Crippen molar-refractivity contribution >= 4 is 0 Å². The van der Waals surface area contributed by atoms with Gasteiger partial charge >= 0.3 is 0 Å². The van der Waals surface area contributed by atoms with Crippen molar-refractivity contribution in [2.24, 2.45) is 16.6 Å². The highest BCUT2D eigenvalue weighted by atomic mass is 16.3. The maximum atomic E-state index is 10.1. The molecular weight excluding hydrogens is 130 g/mol. The van der Waals surface area contributed by atoms with Gasteiger partial charge in [0.2, 0.25) is 0 Å². The maximum absolute atomic E-state index is 10.1. The highest BCUT2D eigenvalue weighted by Gasteiger charge is 2.24. The fraction of sp³-hybridized carbons (Fsp3) is 1.00. The molecule has 4 N–H and O–H groups in total. The van der Waals surface area contributed by atoms with Crippen LogP contribution in [0.3, 0.4) is 0 Å². The molecule has 58 valence electrons. The number of nitrogens with zero attached hydrogens (tertiary/aromatic N) is 1. The fourth-order valence-corrected chi connectivity index (χ4v) is 1.46. The minimum absolute atomic E-state index is 0.0754. The van der Waals surface area contributed by atoms with Gasteiger partial charge in [-0.1, -0.05) is 5.18 Å². The van der Waals surface area contributed by atoms with E-state index in [1.165, 1.54) is 0 Å². The Labute approximate surface area is 59.9 Å². The average molecular weight is 143 g/mol. The van der Waals surface area contributed by atoms with Crippen molar-refractivity contribution in [2.75, 3.05) is 0 Å². The van der Waals surface area contributed by atoms with Crippen LogP contribution in [-0.4, -0.2) is 18.1 Å². The highest BCUT2D eigenvalue weighted by molar-refractivity contribution is 4.86. The SMILES string of the molecule is NC1CC(N)CC(N=O)C1. The van der Waals surface area contributed by atoms with Crippen molar-refractivity contribution in [3.05, 3.63) is 4.91 Å². The molecule has 0 heterocycles. The average Bonchev–Trinajstić information content (AvgIpc) is 1.85. The van der Waals surface area contributed by atoms with Crippen LogP contribution in [0.15, 0.2) is 5.18 Å². The zero-order valence-corrected chi connectivity index (χ0v) is 5.86. The summed E-state index contributed by atoms with van der Waals surface area (Å²) in [7, 11) is 0. The third-order valence-corrected chi connectivity index (χ3v) is 1.90. The monoisotopic (exact) mass is 143 g/mol. The van der Waals surface area contributed by atoms with E-state index in [1.807, 2.05) is 0 Å². The summed E-state index contributed by atoms with van der Waals surface area (Å²) in [4.78, 5) is 10.1. The molecule has 0 saturated heterocycles. The van der Waals surface area contributed by atoms with Gasteiger partial charge in [-0.2, -0.15) is 4.91 Å². The Morgan fingerprint density at radius 3 is 2.00 bits per heavy atom. The number of hydrogen-bond acceptors (Lipinski definition) is 4. The largest absolute Gasteiger partial charge is 0.328 e. The van der Waals surface area contributed by atoms with E-state index in [-0.39, 0.29) is 18.1 Å². The predicted octanol–water partition coefficient (Wildman–Crippen LogP) is -0.0401. The predicted molar refractivity (Wildman–Crippen MR) is 39.4 cm³/mol. The van der Waals surface area contributed by atoms with Crippen LogP contribution in [-0.2, 0) is 0 Å². The number of hydrogen-bond donors (Lipinski definition) is 2. The molecule has 0 aromatic rings. The Morgan fingerprint density at radius 1 is 1.10 bits per heavy atom. The molecule has 0 bridgehead atoms. The minimum Gasteiger partial charge on any atom is -0.328 e. The van der Waals surface area contributed by atoms with Crippen molar-refractivity contribution < 1.29 is 0 Å². The second-order valence-electron chi connectivity index (χ2n) is 2.99. The van der Waals surface area contributed by atoms with Crippen molar-refractivity contribution in [2.45, 2.75) is 37.4 Å². The van der Waals surface area contributed by atoms with Gasteiger partial charge in [-0.05, 0) is 19.3 Å². The Morgan fingerprint density at radius 2 is 1.60 bits per heavy atom. The summed E-state index contributed by atoms with van der Waals surface area (Å²) in [6.07, 6.45) is 2.24. The Hall–Kier alpha value is -0.480. The van der Waals surface area contributed by atoms with Crippen LogP contribution in [0.1, 0.15) is 19.3 Å². The van der Waals surface area contributed by atoms with Crippen LogP contribution < -0.4 is 11.5 Å². The molecule has 4 heteroatoms. The number of nitrogens with two attached hydrogens (primary N) is 2. The Bertz CT molecular complexity index is 118. The molecular formula is C6H13N3O. The van der Waals surface area contributed by atoms with Crippen LogP contribution in [0.4, 0.5) is 0 Å². The van der Waals surface area contributed by atoms with Gasteiger partial charge in [-0.25, -0.2) is 0 Å². The fourth-order valence-electron chi connectivity index (χ4n) is 1.46. The first-order valence-corrected chi connectivity index (χ1v) is 3.56. The standard InChI is InChI=1S/C6H13N3O/c7-4-1-5(8)3-6(2-4)9-10/h4-6H,1-3,7-8H2. The highest BCUT2D eigenvalue weighted by Crippen LogP contribution is 2.18. The maximum Gasteiger partial charge on any atom is 0.0949 e. The van der Waals surface area contributed by atoms with Crippen LogP contribution in [0, 0.1) is 4.91 Å². The van der Waals surface area contributed by atoms with E-state index in [1.54, 1.807) is 0 Å². The van der Waals surface area contributed by atoms with E-state index in [2.05, 4.69) is 5.18 Å². The topological polar surface area (TPSA) is 81.5 Å². The first-order chi connectivity index (χ1) is 4.72. The van der Waals surface area contributed by atoms with Crippen molar-refractivity contribution in [1.82, 2.24) is 0 Å². The molecule has 2 atom stereocenters. The lowest BCUT2D eigenvalue weighted by atomic mass is 9.89. The van der Waals surface area contributed by atoms with Gasteiger partial charge in [-0.3, -0.25) is 0 Å². The van der Waals surface area contributed by atoms with Gasteiger partial charge in [0.1, 0.15) is 0 Å². The second kappa shape index (κ2) is 3.07. The van der Waals surface area contributed by atoms with Crippen LogP contribution in [0.2, 0.25) is 0 Å². The van der Waals surface area contributed by atoms with Crippen molar-refractivity contribution in [3.63, 3.8) is 0 Å². The minimum atomic E-state index is -0.140. The van der Waals surface area contributed by atoms with E-state index in [9.17, 15) is 4.91 Å². The summed E-state index contributed by atoms with van der Waals surface area (Å²) in [5, 5.41) is 2.94. The van der Waals surface area contributed by atoms with Crippen LogP contribution in [0.5, 0.6) is 0 Å². The summed E-state index contributed by atoms with van der Waals surface area (Å²) in [5.41, 5.74) is 11.2. The molecule has 0 aromatic heterocycles. The molecule has 0 aliphatic heterocycles. The first kappa shape index (κ1) is 7.63. The lowest BCUT2D eigenvalue weighted by Gasteiger charge is -2.26. The van der Waals surface area contributed by atoms with Gasteiger partial charge in [0.25, 0.3) is 0 Å². The van der Waals surface area contributed by atoms with Gasteiger partial charge in [0.05, 0.1) is 6.04 Å². The quantitative estimate of drug-likeness (QED) is 0.505. The normalized spacial score (nSPS) is 41.2. The zero-order chi connectivity index (χ0) is 7.56. The summed E-state index contributed by atoms with van der Waals surface area (Å²) in [6.45, 7) is 0. The van der Waals surface area contributed by atoms with Crippen LogP contribution in [0.25, 0.3) is 0 Å².